The first-order chi connectivity index (χ1) is 26.3. The Labute approximate surface area is 309 Å². The van der Waals surface area contributed by atoms with E-state index in [1.54, 1.807) is 0 Å². The average molecular weight is 674 g/mol. The molecule has 0 heterocycles. The van der Waals surface area contributed by atoms with E-state index in [4.69, 9.17) is 0 Å². The van der Waals surface area contributed by atoms with Crippen LogP contribution in [-0.2, 0) is 0 Å². The van der Waals surface area contributed by atoms with Crippen LogP contribution in [0.5, 0.6) is 0 Å². The fourth-order valence-corrected chi connectivity index (χ4v) is 8.04. The molecule has 10 aromatic rings. The fraction of sp³-hybridized carbons (Fsp3) is 0. The Morgan fingerprint density at radius 3 is 1.43 bits per heavy atom. The molecule has 0 aliphatic heterocycles. The summed E-state index contributed by atoms with van der Waals surface area (Å²) in [5, 5.41) is 10.1. The molecule has 0 radical (unpaired) electrons. The summed E-state index contributed by atoms with van der Waals surface area (Å²) in [7, 11) is 0. The van der Waals surface area contributed by atoms with Crippen LogP contribution in [0.25, 0.3) is 76.5 Å². The van der Waals surface area contributed by atoms with Crippen LogP contribution in [0.4, 0.5) is 17.1 Å². The maximum atomic E-state index is 2.45. The van der Waals surface area contributed by atoms with Gasteiger partial charge >= 0.3 is 0 Å². The standard InChI is InChI=1S/C52H35N/c1-4-13-36(14-5-1)43-20-12-21-45(33-43)53(50-32-30-44(37-15-6-2-7-16-37)34-48(50)38-17-8-3-9-18-38)46-31-29-40-24-26-42-28-27-41-25-23-39-19-10-11-22-47(39)51(41)52(42)49(40)35-46/h1-35H. The van der Waals surface area contributed by atoms with Crippen LogP contribution in [0.3, 0.4) is 0 Å². The molecule has 1 heteroatoms. The minimum absolute atomic E-state index is 1.10. The first-order valence-corrected chi connectivity index (χ1v) is 18.3. The number of rotatable bonds is 6. The molecule has 248 valence electrons. The van der Waals surface area contributed by atoms with Crippen molar-refractivity contribution in [2.75, 3.05) is 4.90 Å². The highest BCUT2D eigenvalue weighted by Crippen LogP contribution is 2.45. The van der Waals surface area contributed by atoms with Crippen LogP contribution in [0, 0.1) is 0 Å². The molecule has 0 N–H and O–H groups in total. The number of benzene rings is 10. The van der Waals surface area contributed by atoms with Gasteiger partial charge < -0.3 is 4.90 Å². The molecule has 10 rings (SSSR count). The van der Waals surface area contributed by atoms with Crippen molar-refractivity contribution in [3.63, 3.8) is 0 Å². The zero-order valence-corrected chi connectivity index (χ0v) is 29.2. The summed E-state index contributed by atoms with van der Waals surface area (Å²) in [6.07, 6.45) is 0. The number of hydrogen-bond acceptors (Lipinski definition) is 1. The molecule has 0 amide bonds. The summed E-state index contributed by atoms with van der Waals surface area (Å²) in [5.41, 5.74) is 10.4. The van der Waals surface area contributed by atoms with Crippen molar-refractivity contribution < 1.29 is 0 Å². The molecule has 0 saturated heterocycles. The van der Waals surface area contributed by atoms with E-state index in [1.807, 2.05) is 0 Å². The predicted molar refractivity (Wildman–Crippen MR) is 227 cm³/mol. The summed E-state index contributed by atoms with van der Waals surface area (Å²) in [6.45, 7) is 0. The molecular weight excluding hydrogens is 639 g/mol. The molecule has 0 aliphatic carbocycles. The Morgan fingerprint density at radius 2 is 0.755 bits per heavy atom. The Morgan fingerprint density at radius 1 is 0.264 bits per heavy atom. The van der Waals surface area contributed by atoms with E-state index >= 15 is 0 Å². The van der Waals surface area contributed by atoms with Crippen molar-refractivity contribution in [2.24, 2.45) is 0 Å². The molecule has 0 aliphatic rings. The van der Waals surface area contributed by atoms with Gasteiger partial charge in [0.05, 0.1) is 5.69 Å². The lowest BCUT2D eigenvalue weighted by Gasteiger charge is -2.29. The van der Waals surface area contributed by atoms with E-state index in [0.29, 0.717) is 0 Å². The summed E-state index contributed by atoms with van der Waals surface area (Å²) < 4.78 is 0. The number of hydrogen-bond donors (Lipinski definition) is 0. The summed E-state index contributed by atoms with van der Waals surface area (Å²) in [6, 6.07) is 77.3. The SMILES string of the molecule is c1ccc(-c2cccc(N(c3ccc4ccc5ccc6ccc7ccccc7c6c5c4c3)c3ccc(-c4ccccc4)cc3-c3ccccc3)c2)cc1. The normalized spacial score (nSPS) is 11.4. The third-order valence-electron chi connectivity index (χ3n) is 10.6. The van der Waals surface area contributed by atoms with Crippen molar-refractivity contribution in [3.05, 3.63) is 212 Å². The molecule has 0 unspecified atom stereocenters. The van der Waals surface area contributed by atoms with E-state index in [2.05, 4.69) is 217 Å². The van der Waals surface area contributed by atoms with E-state index in [9.17, 15) is 0 Å². The first kappa shape index (κ1) is 30.8. The van der Waals surface area contributed by atoms with Crippen molar-refractivity contribution >= 4 is 60.2 Å². The second-order valence-corrected chi connectivity index (χ2v) is 13.7. The van der Waals surface area contributed by atoms with Crippen molar-refractivity contribution in [2.45, 2.75) is 0 Å². The van der Waals surface area contributed by atoms with E-state index in [1.165, 1.54) is 76.5 Å². The van der Waals surface area contributed by atoms with Gasteiger partial charge in [0.1, 0.15) is 0 Å². The predicted octanol–water partition coefficient (Wildman–Crippen LogP) is 14.8. The van der Waals surface area contributed by atoms with Crippen LogP contribution in [0.2, 0.25) is 0 Å². The van der Waals surface area contributed by atoms with Crippen LogP contribution < -0.4 is 4.90 Å². The molecule has 0 spiro atoms. The van der Waals surface area contributed by atoms with Gasteiger partial charge in [-0.1, -0.05) is 176 Å². The molecule has 0 aromatic heterocycles. The van der Waals surface area contributed by atoms with Crippen LogP contribution in [0.15, 0.2) is 212 Å². The fourth-order valence-electron chi connectivity index (χ4n) is 8.04. The van der Waals surface area contributed by atoms with Gasteiger partial charge in [0.2, 0.25) is 0 Å². The Hall–Kier alpha value is -6.96. The minimum atomic E-state index is 1.10. The summed E-state index contributed by atoms with van der Waals surface area (Å²) >= 11 is 0. The van der Waals surface area contributed by atoms with Gasteiger partial charge in [-0.2, -0.15) is 0 Å². The molecule has 1 nitrogen and oxygen atoms in total. The molecule has 53 heavy (non-hydrogen) atoms. The van der Waals surface area contributed by atoms with Crippen LogP contribution in [-0.4, -0.2) is 0 Å². The summed E-state index contributed by atoms with van der Waals surface area (Å²) in [5.74, 6) is 0. The van der Waals surface area contributed by atoms with Gasteiger partial charge in [-0.05, 0) is 107 Å². The highest BCUT2D eigenvalue weighted by molar-refractivity contribution is 6.27. The van der Waals surface area contributed by atoms with Gasteiger partial charge in [-0.15, -0.1) is 0 Å². The number of nitrogens with zero attached hydrogens (tertiary/aromatic N) is 1. The zero-order valence-electron chi connectivity index (χ0n) is 29.2. The Balaban J connectivity index is 1.27. The lowest BCUT2D eigenvalue weighted by molar-refractivity contribution is 1.29. The van der Waals surface area contributed by atoms with Crippen LogP contribution >= 0.6 is 0 Å². The lowest BCUT2D eigenvalue weighted by atomic mass is 9.92. The van der Waals surface area contributed by atoms with Gasteiger partial charge in [0.15, 0.2) is 0 Å². The maximum absolute atomic E-state index is 2.45. The molecular formula is C52H35N. The largest absolute Gasteiger partial charge is 0.310 e. The third kappa shape index (κ3) is 5.51. The van der Waals surface area contributed by atoms with E-state index in [0.717, 1.165) is 17.1 Å². The third-order valence-corrected chi connectivity index (χ3v) is 10.6. The topological polar surface area (TPSA) is 3.24 Å². The second-order valence-electron chi connectivity index (χ2n) is 13.7. The Kier molecular flexibility index (Phi) is 7.55. The highest BCUT2D eigenvalue weighted by atomic mass is 15.1. The van der Waals surface area contributed by atoms with E-state index < -0.39 is 0 Å². The maximum Gasteiger partial charge on any atom is 0.0540 e. The molecule has 0 atom stereocenters. The zero-order chi connectivity index (χ0) is 35.1. The Bertz CT molecular complexity index is 2920. The van der Waals surface area contributed by atoms with Crippen molar-refractivity contribution in [3.8, 4) is 33.4 Å². The number of fused-ring (bicyclic) bond motifs is 7. The van der Waals surface area contributed by atoms with Crippen LogP contribution in [0.1, 0.15) is 0 Å². The summed E-state index contributed by atoms with van der Waals surface area (Å²) in [4.78, 5) is 2.45. The first-order valence-electron chi connectivity index (χ1n) is 18.3. The molecule has 0 fully saturated rings. The van der Waals surface area contributed by atoms with Gasteiger partial charge in [0.25, 0.3) is 0 Å². The number of anilines is 3. The monoisotopic (exact) mass is 673 g/mol. The van der Waals surface area contributed by atoms with E-state index in [-0.39, 0.29) is 0 Å². The second kappa shape index (κ2) is 13.0. The van der Waals surface area contributed by atoms with Crippen molar-refractivity contribution in [1.82, 2.24) is 0 Å². The minimum Gasteiger partial charge on any atom is -0.310 e. The highest BCUT2D eigenvalue weighted by Gasteiger charge is 2.20. The lowest BCUT2D eigenvalue weighted by Crippen LogP contribution is -2.11. The van der Waals surface area contributed by atoms with Gasteiger partial charge in [0, 0.05) is 16.9 Å². The average Bonchev–Trinajstić information content (AvgIpc) is 3.24. The van der Waals surface area contributed by atoms with Crippen molar-refractivity contribution in [1.29, 1.82) is 0 Å². The smallest absolute Gasteiger partial charge is 0.0540 e. The van der Waals surface area contributed by atoms with Gasteiger partial charge in [-0.25, -0.2) is 0 Å². The molecule has 0 saturated carbocycles. The molecule has 10 aromatic carbocycles. The molecule has 0 bridgehead atoms. The quantitative estimate of drug-likeness (QED) is 0.159. The van der Waals surface area contributed by atoms with Gasteiger partial charge in [-0.3, -0.25) is 0 Å².